The summed E-state index contributed by atoms with van der Waals surface area (Å²) in [4.78, 5) is 20.6. The number of nitrogens with zero attached hydrogens (tertiary/aromatic N) is 2. The van der Waals surface area contributed by atoms with Crippen LogP contribution in [0.5, 0.6) is 17.2 Å². The summed E-state index contributed by atoms with van der Waals surface area (Å²) < 4.78 is 15.8. The van der Waals surface area contributed by atoms with Gasteiger partial charge in [-0.2, -0.15) is 0 Å². The van der Waals surface area contributed by atoms with Crippen molar-refractivity contribution >= 4 is 17.5 Å². The third-order valence-electron chi connectivity index (χ3n) is 3.37. The summed E-state index contributed by atoms with van der Waals surface area (Å²) in [6.45, 7) is 2.82. The number of carbonyl (C=O) groups excluding carboxylic acids is 1. The minimum absolute atomic E-state index is 0.337. The van der Waals surface area contributed by atoms with Gasteiger partial charge in [0.15, 0.2) is 11.5 Å². The van der Waals surface area contributed by atoms with Gasteiger partial charge in [0.05, 0.1) is 26.9 Å². The van der Waals surface area contributed by atoms with Gasteiger partial charge in [0, 0.05) is 36.8 Å². The Morgan fingerprint density at radius 3 is 2.12 bits per heavy atom. The summed E-state index contributed by atoms with van der Waals surface area (Å²) in [7, 11) is 4.54. The molecule has 8 nitrogen and oxygen atoms in total. The number of ether oxygens (including phenoxy) is 3. The number of nitrogens with one attached hydrogen (secondary N) is 2. The van der Waals surface area contributed by atoms with E-state index in [4.69, 9.17) is 14.2 Å². The molecule has 0 unspecified atom stereocenters. The van der Waals surface area contributed by atoms with Gasteiger partial charge in [-0.1, -0.05) is 6.92 Å². The van der Waals surface area contributed by atoms with Gasteiger partial charge in [0.1, 0.15) is 0 Å². The number of benzene rings is 1. The fourth-order valence-corrected chi connectivity index (χ4v) is 2.13. The summed E-state index contributed by atoms with van der Waals surface area (Å²) in [5.74, 6) is 1.51. The monoisotopic (exact) mass is 346 g/mol. The molecule has 25 heavy (non-hydrogen) atoms. The number of aromatic nitrogens is 2. The summed E-state index contributed by atoms with van der Waals surface area (Å²) in [5, 5.41) is 5.82. The minimum Gasteiger partial charge on any atom is -0.493 e. The highest BCUT2D eigenvalue weighted by Crippen LogP contribution is 2.39. The topological polar surface area (TPSA) is 94.6 Å². The molecule has 0 radical (unpaired) electrons. The summed E-state index contributed by atoms with van der Waals surface area (Å²) in [6.07, 6.45) is 3.91. The molecule has 0 bridgehead atoms. The zero-order valence-electron chi connectivity index (χ0n) is 14.8. The van der Waals surface area contributed by atoms with E-state index in [9.17, 15) is 4.79 Å². The molecular weight excluding hydrogens is 324 g/mol. The van der Waals surface area contributed by atoms with E-state index < -0.39 is 0 Å². The first-order chi connectivity index (χ1) is 12.1. The summed E-state index contributed by atoms with van der Waals surface area (Å²) in [6, 6.07) is 3.30. The number of amides is 1. The van der Waals surface area contributed by atoms with E-state index >= 15 is 0 Å². The van der Waals surface area contributed by atoms with Crippen LogP contribution < -0.4 is 24.8 Å². The maximum atomic E-state index is 12.4. The van der Waals surface area contributed by atoms with Crippen LogP contribution in [0, 0.1) is 0 Å². The van der Waals surface area contributed by atoms with E-state index in [1.807, 2.05) is 6.92 Å². The fourth-order valence-electron chi connectivity index (χ4n) is 2.13. The normalized spacial score (nSPS) is 10.1. The summed E-state index contributed by atoms with van der Waals surface area (Å²) in [5.41, 5.74) is 0.850. The molecule has 2 rings (SSSR count). The van der Waals surface area contributed by atoms with Crippen LogP contribution in [-0.2, 0) is 0 Å². The van der Waals surface area contributed by atoms with Gasteiger partial charge in [-0.15, -0.1) is 0 Å². The number of rotatable bonds is 8. The van der Waals surface area contributed by atoms with Crippen LogP contribution in [-0.4, -0.2) is 43.7 Å². The Balaban J connectivity index is 2.17. The lowest BCUT2D eigenvalue weighted by Crippen LogP contribution is -2.14. The number of anilines is 2. The third-order valence-corrected chi connectivity index (χ3v) is 3.37. The maximum absolute atomic E-state index is 12.4. The molecule has 0 atom stereocenters. The van der Waals surface area contributed by atoms with Gasteiger partial charge < -0.3 is 24.8 Å². The first-order valence-corrected chi connectivity index (χ1v) is 7.80. The predicted octanol–water partition coefficient (Wildman–Crippen LogP) is 2.58. The number of hydrogen-bond acceptors (Lipinski definition) is 7. The largest absolute Gasteiger partial charge is 0.493 e. The molecule has 1 aromatic heterocycles. The van der Waals surface area contributed by atoms with Crippen LogP contribution in [0.2, 0.25) is 0 Å². The second-order valence-electron chi connectivity index (χ2n) is 5.09. The van der Waals surface area contributed by atoms with Gasteiger partial charge in [-0.05, 0) is 6.42 Å². The van der Waals surface area contributed by atoms with Gasteiger partial charge in [0.2, 0.25) is 11.7 Å². The van der Waals surface area contributed by atoms with Crippen LogP contribution in [0.15, 0.2) is 24.5 Å². The van der Waals surface area contributed by atoms with Crippen molar-refractivity contribution in [2.24, 2.45) is 0 Å². The van der Waals surface area contributed by atoms with Crippen molar-refractivity contribution in [1.29, 1.82) is 0 Å². The van der Waals surface area contributed by atoms with Crippen molar-refractivity contribution in [3.05, 3.63) is 30.1 Å². The average Bonchev–Trinajstić information content (AvgIpc) is 2.65. The molecule has 2 N–H and O–H groups in total. The Kier molecular flexibility index (Phi) is 6.39. The lowest BCUT2D eigenvalue weighted by molar-refractivity contribution is 0.102. The minimum atomic E-state index is -0.337. The van der Waals surface area contributed by atoms with Crippen LogP contribution >= 0.6 is 0 Å². The van der Waals surface area contributed by atoms with Crippen molar-refractivity contribution in [2.75, 3.05) is 38.5 Å². The number of methoxy groups -OCH3 is 3. The molecule has 1 aromatic carbocycles. The smallest absolute Gasteiger partial charge is 0.258 e. The fraction of sp³-hybridized carbons (Fsp3) is 0.353. The number of carbonyl (C=O) groups is 1. The van der Waals surface area contributed by atoms with E-state index in [-0.39, 0.29) is 5.91 Å². The van der Waals surface area contributed by atoms with Crippen LogP contribution in [0.3, 0.4) is 0 Å². The molecular formula is C17H22N4O4. The molecule has 2 aromatic rings. The molecule has 0 aliphatic carbocycles. The maximum Gasteiger partial charge on any atom is 0.258 e. The zero-order chi connectivity index (χ0) is 18.2. The highest BCUT2D eigenvalue weighted by Gasteiger charge is 2.15. The first-order valence-electron chi connectivity index (χ1n) is 7.80. The summed E-state index contributed by atoms with van der Waals surface area (Å²) >= 11 is 0. The van der Waals surface area contributed by atoms with E-state index in [0.29, 0.717) is 34.4 Å². The Morgan fingerprint density at radius 2 is 1.64 bits per heavy atom. The SMILES string of the molecule is CCCNc1ncc(C(=O)Nc2cc(OC)c(OC)c(OC)c2)cn1. The van der Waals surface area contributed by atoms with Crippen molar-refractivity contribution in [2.45, 2.75) is 13.3 Å². The standard InChI is InChI=1S/C17H22N4O4/c1-5-6-18-17-19-9-11(10-20-17)16(22)21-12-7-13(23-2)15(25-4)14(8-12)24-3/h7-10H,5-6H2,1-4H3,(H,21,22)(H,18,19,20). The third kappa shape index (κ3) is 4.50. The first kappa shape index (κ1) is 18.3. The lowest BCUT2D eigenvalue weighted by Gasteiger charge is -2.14. The van der Waals surface area contributed by atoms with E-state index in [1.54, 1.807) is 12.1 Å². The second-order valence-corrected chi connectivity index (χ2v) is 5.09. The molecule has 0 fully saturated rings. The molecule has 0 aliphatic rings. The Morgan fingerprint density at radius 1 is 1.04 bits per heavy atom. The Hall–Kier alpha value is -3.03. The Bertz CT molecular complexity index is 694. The zero-order valence-corrected chi connectivity index (χ0v) is 14.8. The van der Waals surface area contributed by atoms with Crippen LogP contribution in [0.4, 0.5) is 11.6 Å². The van der Waals surface area contributed by atoms with E-state index in [1.165, 1.54) is 33.7 Å². The Labute approximate surface area is 146 Å². The molecule has 1 amide bonds. The van der Waals surface area contributed by atoms with Gasteiger partial charge in [-0.3, -0.25) is 4.79 Å². The molecule has 8 heteroatoms. The van der Waals surface area contributed by atoms with Gasteiger partial charge in [-0.25, -0.2) is 9.97 Å². The van der Waals surface area contributed by atoms with Crippen molar-refractivity contribution in [3.8, 4) is 17.2 Å². The quantitative estimate of drug-likeness (QED) is 0.758. The van der Waals surface area contributed by atoms with Crippen molar-refractivity contribution in [1.82, 2.24) is 9.97 Å². The van der Waals surface area contributed by atoms with E-state index in [2.05, 4.69) is 20.6 Å². The van der Waals surface area contributed by atoms with Crippen LogP contribution in [0.1, 0.15) is 23.7 Å². The lowest BCUT2D eigenvalue weighted by atomic mass is 10.2. The van der Waals surface area contributed by atoms with Gasteiger partial charge >= 0.3 is 0 Å². The van der Waals surface area contributed by atoms with Crippen molar-refractivity contribution < 1.29 is 19.0 Å². The second kappa shape index (κ2) is 8.72. The highest BCUT2D eigenvalue weighted by molar-refractivity contribution is 6.04. The predicted molar refractivity (Wildman–Crippen MR) is 94.9 cm³/mol. The van der Waals surface area contributed by atoms with Crippen LogP contribution in [0.25, 0.3) is 0 Å². The number of hydrogen-bond donors (Lipinski definition) is 2. The average molecular weight is 346 g/mol. The van der Waals surface area contributed by atoms with Gasteiger partial charge in [0.25, 0.3) is 5.91 Å². The molecule has 134 valence electrons. The molecule has 0 saturated carbocycles. The van der Waals surface area contributed by atoms with Crippen molar-refractivity contribution in [3.63, 3.8) is 0 Å². The molecule has 1 heterocycles. The highest BCUT2D eigenvalue weighted by atomic mass is 16.5. The van der Waals surface area contributed by atoms with E-state index in [0.717, 1.165) is 13.0 Å². The molecule has 0 saturated heterocycles. The molecule has 0 spiro atoms. The molecule has 0 aliphatic heterocycles.